The Bertz CT molecular complexity index is 1490. The molecule has 2 aliphatic heterocycles. The van der Waals surface area contributed by atoms with Crippen LogP contribution in [0.25, 0.3) is 6.08 Å². The molecular formula is C29H27ClF6N5O+. The highest BCUT2D eigenvalue weighted by atomic mass is 35.5. The average molecular weight is 611 g/mol. The fraction of sp³-hybridized carbons (Fsp3) is 0.345. The summed E-state index contributed by atoms with van der Waals surface area (Å²) in [5.74, 6) is 0. The number of halogens is 7. The van der Waals surface area contributed by atoms with E-state index in [1.54, 1.807) is 18.2 Å². The molecule has 2 N–H and O–H groups in total. The zero-order valence-corrected chi connectivity index (χ0v) is 23.0. The highest BCUT2D eigenvalue weighted by Crippen LogP contribution is 2.51. The Balaban J connectivity index is 1.55. The summed E-state index contributed by atoms with van der Waals surface area (Å²) < 4.78 is 80.1. The molecular weight excluding hydrogens is 584 g/mol. The van der Waals surface area contributed by atoms with E-state index in [9.17, 15) is 31.1 Å². The maximum absolute atomic E-state index is 14.1. The van der Waals surface area contributed by atoms with Gasteiger partial charge >= 0.3 is 18.4 Å². The van der Waals surface area contributed by atoms with Gasteiger partial charge in [0.05, 0.1) is 22.2 Å². The summed E-state index contributed by atoms with van der Waals surface area (Å²) in [7, 11) is 0. The van der Waals surface area contributed by atoms with Crippen molar-refractivity contribution >= 4 is 29.4 Å². The van der Waals surface area contributed by atoms with Crippen molar-refractivity contribution in [1.82, 2.24) is 25.1 Å². The molecule has 2 amide bonds. The fourth-order valence-corrected chi connectivity index (χ4v) is 6.06. The van der Waals surface area contributed by atoms with Crippen LogP contribution in [-0.4, -0.2) is 42.2 Å². The Kier molecular flexibility index (Phi) is 8.08. The van der Waals surface area contributed by atoms with Crippen LogP contribution in [0.4, 0.5) is 36.8 Å². The van der Waals surface area contributed by atoms with E-state index < -0.39 is 39.4 Å². The minimum atomic E-state index is -4.63. The molecule has 2 aromatic heterocycles. The van der Waals surface area contributed by atoms with Gasteiger partial charge in [-0.05, 0) is 74.0 Å². The van der Waals surface area contributed by atoms with E-state index in [2.05, 4.69) is 20.6 Å². The van der Waals surface area contributed by atoms with Crippen LogP contribution in [0.2, 0.25) is 5.15 Å². The van der Waals surface area contributed by atoms with E-state index >= 15 is 0 Å². The van der Waals surface area contributed by atoms with Gasteiger partial charge in [0.2, 0.25) is 0 Å². The van der Waals surface area contributed by atoms with Gasteiger partial charge in [-0.15, -0.1) is 0 Å². The molecule has 222 valence electrons. The summed E-state index contributed by atoms with van der Waals surface area (Å²) in [6.07, 6.45) is -2.68. The van der Waals surface area contributed by atoms with Crippen LogP contribution in [0, 0.1) is 0 Å². The Labute approximate surface area is 243 Å². The number of amides is 2. The van der Waals surface area contributed by atoms with Gasteiger partial charge in [0, 0.05) is 30.6 Å². The van der Waals surface area contributed by atoms with E-state index in [-0.39, 0.29) is 36.2 Å². The molecule has 5 rings (SSSR count). The molecule has 1 unspecified atom stereocenters. The number of benzene rings is 1. The largest absolute Gasteiger partial charge is 0.422 e. The van der Waals surface area contributed by atoms with Crippen molar-refractivity contribution in [3.63, 3.8) is 0 Å². The van der Waals surface area contributed by atoms with Crippen LogP contribution < -0.4 is 15.1 Å². The van der Waals surface area contributed by atoms with Gasteiger partial charge in [0.15, 0.2) is 0 Å². The maximum atomic E-state index is 14.1. The lowest BCUT2D eigenvalue weighted by molar-refractivity contribution is -0.138. The van der Waals surface area contributed by atoms with Crippen molar-refractivity contribution in [3.05, 3.63) is 94.0 Å². The molecule has 0 aliphatic carbocycles. The van der Waals surface area contributed by atoms with Crippen molar-refractivity contribution in [3.8, 4) is 0 Å². The number of quaternary nitrogens is 1. The minimum absolute atomic E-state index is 0.0465. The molecule has 2 aliphatic rings. The summed E-state index contributed by atoms with van der Waals surface area (Å²) >= 11 is 5.98. The molecule has 1 aromatic carbocycles. The summed E-state index contributed by atoms with van der Waals surface area (Å²) in [6, 6.07) is 8.43. The van der Waals surface area contributed by atoms with E-state index in [1.807, 2.05) is 0 Å². The van der Waals surface area contributed by atoms with Crippen molar-refractivity contribution < 1.29 is 31.1 Å². The predicted octanol–water partition coefficient (Wildman–Crippen LogP) is 6.73. The molecule has 0 radical (unpaired) electrons. The monoisotopic (exact) mass is 610 g/mol. The van der Waals surface area contributed by atoms with E-state index in [4.69, 9.17) is 11.6 Å². The quantitative estimate of drug-likeness (QED) is 0.191. The van der Waals surface area contributed by atoms with Gasteiger partial charge in [0.1, 0.15) is 23.9 Å². The Morgan fingerprint density at radius 1 is 1.00 bits per heavy atom. The summed E-state index contributed by atoms with van der Waals surface area (Å²) in [4.78, 5) is 21.9. The third kappa shape index (κ3) is 6.02. The second-order valence-corrected chi connectivity index (χ2v) is 11.0. The minimum Gasteiger partial charge on any atom is -0.317 e. The van der Waals surface area contributed by atoms with E-state index in [0.717, 1.165) is 18.2 Å². The fourth-order valence-electron chi connectivity index (χ4n) is 5.86. The first kappa shape index (κ1) is 30.0. The van der Waals surface area contributed by atoms with Gasteiger partial charge in [0.25, 0.3) is 0 Å². The zero-order valence-electron chi connectivity index (χ0n) is 22.2. The van der Waals surface area contributed by atoms with Crippen molar-refractivity contribution in [2.75, 3.05) is 26.2 Å². The topological polar surface area (TPSA) is 66.9 Å². The van der Waals surface area contributed by atoms with Gasteiger partial charge < -0.3 is 10.6 Å². The number of hydrogen-bond donors (Lipinski definition) is 2. The smallest absolute Gasteiger partial charge is 0.317 e. The maximum Gasteiger partial charge on any atom is 0.422 e. The number of carbonyl (C=O) groups is 1. The van der Waals surface area contributed by atoms with E-state index in [1.165, 1.54) is 24.4 Å². The number of rotatable bonds is 5. The molecule has 4 heterocycles. The predicted molar refractivity (Wildman–Crippen MR) is 147 cm³/mol. The third-order valence-electron chi connectivity index (χ3n) is 7.93. The number of nitrogens with one attached hydrogen (secondary N) is 2. The SMILES string of the molecule is O=C(NCc1ccnc(Cl)c1)[N+]1(C/C=C/c2ccc(C(F)(F)F)cn2)CC2(CCNCC2)c2ccc(C(F)(F)F)cc21. The second kappa shape index (κ2) is 11.3. The standard InChI is InChI=1S/C29H26ClF6N5O/c30-25-14-19(7-10-38-25)16-40-26(42)41(13-1-2-22-5-3-21(17-39-22)29(34,35)36)18-27(8-11-37-12-9-27)23-6-4-20(15-24(23)41)28(31,32)33/h1-7,10,14-15,17,37H,8-9,11-13,16,18H2/p+1/b2-1+. The highest BCUT2D eigenvalue weighted by molar-refractivity contribution is 6.29. The van der Waals surface area contributed by atoms with Crippen LogP contribution in [0.5, 0.6) is 0 Å². The molecule has 3 aromatic rings. The molecule has 1 spiro atoms. The zero-order chi connectivity index (χ0) is 30.2. The van der Waals surface area contributed by atoms with E-state index in [0.29, 0.717) is 43.3 Å². The first-order chi connectivity index (χ1) is 19.8. The number of fused-ring (bicyclic) bond motifs is 2. The van der Waals surface area contributed by atoms with Crippen LogP contribution in [-0.2, 0) is 24.3 Å². The number of nitrogens with zero attached hydrogens (tertiary/aromatic N) is 3. The van der Waals surface area contributed by atoms with Crippen molar-refractivity contribution in [2.45, 2.75) is 37.2 Å². The van der Waals surface area contributed by atoms with Gasteiger partial charge in [-0.2, -0.15) is 26.3 Å². The lowest BCUT2D eigenvalue weighted by atomic mass is 9.74. The lowest BCUT2D eigenvalue weighted by Crippen LogP contribution is -2.60. The summed E-state index contributed by atoms with van der Waals surface area (Å²) in [5.41, 5.74) is -0.486. The number of urea groups is 1. The Morgan fingerprint density at radius 3 is 2.36 bits per heavy atom. The van der Waals surface area contributed by atoms with Crippen LogP contribution in [0.15, 0.2) is 60.9 Å². The number of piperidine rings is 1. The number of carbonyl (C=O) groups excluding carboxylic acids is 1. The van der Waals surface area contributed by atoms with Gasteiger partial charge in [-0.25, -0.2) is 14.3 Å². The Hall–Kier alpha value is -3.48. The molecule has 13 heteroatoms. The molecule has 1 saturated heterocycles. The van der Waals surface area contributed by atoms with Crippen LogP contribution in [0.3, 0.4) is 0 Å². The number of aromatic nitrogens is 2. The first-order valence-corrected chi connectivity index (χ1v) is 13.6. The summed E-state index contributed by atoms with van der Waals surface area (Å²) in [6.45, 7) is 1.52. The average Bonchev–Trinajstić information content (AvgIpc) is 3.21. The third-order valence-corrected chi connectivity index (χ3v) is 8.14. The first-order valence-electron chi connectivity index (χ1n) is 13.2. The molecule has 1 fully saturated rings. The molecule has 0 bridgehead atoms. The van der Waals surface area contributed by atoms with Crippen molar-refractivity contribution in [2.24, 2.45) is 0 Å². The number of pyridine rings is 2. The second-order valence-electron chi connectivity index (χ2n) is 10.6. The van der Waals surface area contributed by atoms with Crippen molar-refractivity contribution in [1.29, 1.82) is 0 Å². The molecule has 1 atom stereocenters. The van der Waals surface area contributed by atoms with Gasteiger partial charge in [-0.1, -0.05) is 17.7 Å². The molecule has 6 nitrogen and oxygen atoms in total. The lowest BCUT2D eigenvalue weighted by Gasteiger charge is -2.36. The van der Waals surface area contributed by atoms with Crippen LogP contribution in [0.1, 0.15) is 40.8 Å². The Morgan fingerprint density at radius 2 is 1.71 bits per heavy atom. The summed E-state index contributed by atoms with van der Waals surface area (Å²) in [5, 5.41) is 6.39. The molecule has 0 saturated carbocycles. The molecule has 42 heavy (non-hydrogen) atoms. The van der Waals surface area contributed by atoms with Gasteiger partial charge in [-0.3, -0.25) is 4.98 Å². The number of hydrogen-bond acceptors (Lipinski definition) is 4. The highest BCUT2D eigenvalue weighted by Gasteiger charge is 2.57. The normalized spacial score (nSPS) is 20.2. The van der Waals surface area contributed by atoms with Crippen LogP contribution >= 0.6 is 11.6 Å². The number of alkyl halides is 6.